The van der Waals surface area contributed by atoms with Crippen LogP contribution in [0.25, 0.3) is 0 Å². The number of hydrogen-bond acceptors (Lipinski definition) is 2. The maximum absolute atomic E-state index is 13.4. The Morgan fingerprint density at radius 3 is 2.53 bits per heavy atom. The zero-order chi connectivity index (χ0) is 13.7. The van der Waals surface area contributed by atoms with Crippen molar-refractivity contribution in [3.63, 3.8) is 0 Å². The SMILES string of the molecule is CCCn1ccn(CCNc2ccccc2F)c1=O. The lowest BCUT2D eigenvalue weighted by atomic mass is 10.3. The summed E-state index contributed by atoms with van der Waals surface area (Å²) >= 11 is 0. The highest BCUT2D eigenvalue weighted by molar-refractivity contribution is 5.44. The Labute approximate surface area is 111 Å². The Hall–Kier alpha value is -2.04. The van der Waals surface area contributed by atoms with Crippen molar-refractivity contribution in [1.82, 2.24) is 9.13 Å². The van der Waals surface area contributed by atoms with E-state index in [0.717, 1.165) is 13.0 Å². The molecule has 102 valence electrons. The minimum Gasteiger partial charge on any atom is -0.381 e. The van der Waals surface area contributed by atoms with Crippen LogP contribution in [-0.4, -0.2) is 15.7 Å². The molecule has 0 bridgehead atoms. The van der Waals surface area contributed by atoms with Gasteiger partial charge in [-0.3, -0.25) is 9.13 Å². The fourth-order valence-electron chi connectivity index (χ4n) is 1.95. The highest BCUT2D eigenvalue weighted by Gasteiger charge is 2.03. The molecule has 0 fully saturated rings. The molecule has 1 aromatic carbocycles. The summed E-state index contributed by atoms with van der Waals surface area (Å²) < 4.78 is 16.7. The first-order valence-corrected chi connectivity index (χ1v) is 6.46. The number of nitrogens with one attached hydrogen (secondary N) is 1. The largest absolute Gasteiger partial charge is 0.381 e. The smallest absolute Gasteiger partial charge is 0.328 e. The van der Waals surface area contributed by atoms with Gasteiger partial charge < -0.3 is 5.32 Å². The van der Waals surface area contributed by atoms with Crippen molar-refractivity contribution in [3.8, 4) is 0 Å². The number of para-hydroxylation sites is 1. The second kappa shape index (κ2) is 6.22. The molecule has 0 saturated carbocycles. The predicted octanol–water partition coefficient (Wildman–Crippen LogP) is 2.31. The van der Waals surface area contributed by atoms with Crippen LogP contribution in [0.2, 0.25) is 0 Å². The predicted molar refractivity (Wildman–Crippen MR) is 73.9 cm³/mol. The fourth-order valence-corrected chi connectivity index (χ4v) is 1.95. The lowest BCUT2D eigenvalue weighted by Crippen LogP contribution is -2.26. The highest BCUT2D eigenvalue weighted by Crippen LogP contribution is 2.11. The van der Waals surface area contributed by atoms with Gasteiger partial charge in [-0.25, -0.2) is 9.18 Å². The van der Waals surface area contributed by atoms with E-state index in [4.69, 9.17) is 0 Å². The minimum absolute atomic E-state index is 0.0165. The first-order chi connectivity index (χ1) is 9.22. The van der Waals surface area contributed by atoms with E-state index in [2.05, 4.69) is 5.32 Å². The van der Waals surface area contributed by atoms with E-state index in [-0.39, 0.29) is 11.5 Å². The van der Waals surface area contributed by atoms with Gasteiger partial charge in [-0.05, 0) is 18.6 Å². The van der Waals surface area contributed by atoms with E-state index in [1.165, 1.54) is 6.07 Å². The lowest BCUT2D eigenvalue weighted by molar-refractivity contribution is 0.606. The molecule has 0 atom stereocenters. The maximum atomic E-state index is 13.4. The van der Waals surface area contributed by atoms with Crippen molar-refractivity contribution < 1.29 is 4.39 Å². The Bertz CT molecular complexity index is 588. The monoisotopic (exact) mass is 263 g/mol. The third kappa shape index (κ3) is 3.24. The first-order valence-electron chi connectivity index (χ1n) is 6.46. The number of aromatic nitrogens is 2. The van der Waals surface area contributed by atoms with E-state index in [0.29, 0.717) is 18.8 Å². The molecule has 0 spiro atoms. The number of aryl methyl sites for hydroxylation is 1. The third-order valence-electron chi connectivity index (χ3n) is 2.92. The van der Waals surface area contributed by atoms with E-state index in [1.807, 2.05) is 6.92 Å². The van der Waals surface area contributed by atoms with Crippen molar-refractivity contribution in [2.75, 3.05) is 11.9 Å². The van der Waals surface area contributed by atoms with Gasteiger partial charge in [0.25, 0.3) is 0 Å². The summed E-state index contributed by atoms with van der Waals surface area (Å²) in [6.07, 6.45) is 4.48. The van der Waals surface area contributed by atoms with Crippen LogP contribution >= 0.6 is 0 Å². The number of rotatable bonds is 6. The van der Waals surface area contributed by atoms with Crippen molar-refractivity contribution in [2.24, 2.45) is 0 Å². The van der Waals surface area contributed by atoms with E-state index >= 15 is 0 Å². The fraction of sp³-hybridized carbons (Fsp3) is 0.357. The van der Waals surface area contributed by atoms with Crippen LogP contribution in [0.5, 0.6) is 0 Å². The molecule has 0 saturated heterocycles. The highest BCUT2D eigenvalue weighted by atomic mass is 19.1. The number of benzene rings is 1. The summed E-state index contributed by atoms with van der Waals surface area (Å²) in [5, 5.41) is 2.99. The Morgan fingerprint density at radius 1 is 1.16 bits per heavy atom. The molecule has 0 aliphatic heterocycles. The van der Waals surface area contributed by atoms with Crippen LogP contribution in [-0.2, 0) is 13.1 Å². The van der Waals surface area contributed by atoms with Gasteiger partial charge in [-0.2, -0.15) is 0 Å². The molecule has 0 aliphatic rings. The zero-order valence-electron chi connectivity index (χ0n) is 11.0. The van der Waals surface area contributed by atoms with Gasteiger partial charge in [0.05, 0.1) is 5.69 Å². The van der Waals surface area contributed by atoms with Gasteiger partial charge in [-0.15, -0.1) is 0 Å². The molecule has 0 radical (unpaired) electrons. The van der Waals surface area contributed by atoms with Crippen LogP contribution in [0.1, 0.15) is 13.3 Å². The quantitative estimate of drug-likeness (QED) is 0.868. The number of halogens is 1. The lowest BCUT2D eigenvalue weighted by Gasteiger charge is -2.07. The summed E-state index contributed by atoms with van der Waals surface area (Å²) in [5.41, 5.74) is 0.445. The average molecular weight is 263 g/mol. The minimum atomic E-state index is -0.279. The molecule has 2 rings (SSSR count). The van der Waals surface area contributed by atoms with Crippen LogP contribution < -0.4 is 11.0 Å². The van der Waals surface area contributed by atoms with Gasteiger partial charge in [0.15, 0.2) is 0 Å². The molecule has 0 unspecified atom stereocenters. The van der Waals surface area contributed by atoms with Crippen LogP contribution in [0, 0.1) is 5.82 Å². The van der Waals surface area contributed by atoms with Gasteiger partial charge in [-0.1, -0.05) is 19.1 Å². The van der Waals surface area contributed by atoms with E-state index < -0.39 is 0 Å². The first kappa shape index (κ1) is 13.4. The number of anilines is 1. The normalized spacial score (nSPS) is 10.6. The second-order valence-electron chi connectivity index (χ2n) is 4.37. The molecule has 1 heterocycles. The Balaban J connectivity index is 1.93. The van der Waals surface area contributed by atoms with Gasteiger partial charge >= 0.3 is 5.69 Å². The van der Waals surface area contributed by atoms with Crippen molar-refractivity contribution in [3.05, 3.63) is 53.0 Å². The Morgan fingerprint density at radius 2 is 1.84 bits per heavy atom. The van der Waals surface area contributed by atoms with Gasteiger partial charge in [0.2, 0.25) is 0 Å². The number of imidazole rings is 1. The molecular weight excluding hydrogens is 245 g/mol. The molecule has 4 nitrogen and oxygen atoms in total. The van der Waals surface area contributed by atoms with Crippen molar-refractivity contribution >= 4 is 5.69 Å². The molecular formula is C14H18FN3O. The molecule has 5 heteroatoms. The van der Waals surface area contributed by atoms with Gasteiger partial charge in [0, 0.05) is 32.0 Å². The summed E-state index contributed by atoms with van der Waals surface area (Å²) in [6, 6.07) is 6.51. The van der Waals surface area contributed by atoms with Gasteiger partial charge in [0.1, 0.15) is 5.82 Å². The summed E-state index contributed by atoms with van der Waals surface area (Å²) in [6.45, 7) is 3.79. The van der Waals surface area contributed by atoms with Crippen LogP contribution in [0.3, 0.4) is 0 Å². The topological polar surface area (TPSA) is 39.0 Å². The van der Waals surface area contributed by atoms with Crippen molar-refractivity contribution in [1.29, 1.82) is 0 Å². The summed E-state index contributed by atoms with van der Waals surface area (Å²) in [4.78, 5) is 11.9. The molecule has 0 amide bonds. The molecule has 1 N–H and O–H groups in total. The average Bonchev–Trinajstić information content (AvgIpc) is 2.74. The standard InChI is InChI=1S/C14H18FN3O/c1-2-8-17-10-11-18(14(17)19)9-7-16-13-6-4-3-5-12(13)15/h3-6,10-11,16H,2,7-9H2,1H3. The molecule has 19 heavy (non-hydrogen) atoms. The summed E-state index contributed by atoms with van der Waals surface area (Å²) in [7, 11) is 0. The number of nitrogens with zero attached hydrogens (tertiary/aromatic N) is 2. The molecule has 0 aliphatic carbocycles. The third-order valence-corrected chi connectivity index (χ3v) is 2.92. The zero-order valence-corrected chi connectivity index (χ0v) is 11.0. The van der Waals surface area contributed by atoms with E-state index in [1.54, 1.807) is 39.7 Å². The second-order valence-corrected chi connectivity index (χ2v) is 4.37. The van der Waals surface area contributed by atoms with Crippen LogP contribution in [0.15, 0.2) is 41.5 Å². The maximum Gasteiger partial charge on any atom is 0.328 e. The molecule has 1 aromatic heterocycles. The summed E-state index contributed by atoms with van der Waals surface area (Å²) in [5.74, 6) is -0.279. The van der Waals surface area contributed by atoms with Crippen LogP contribution in [0.4, 0.5) is 10.1 Å². The molecule has 2 aromatic rings. The van der Waals surface area contributed by atoms with E-state index in [9.17, 15) is 9.18 Å². The Kier molecular flexibility index (Phi) is 4.39. The van der Waals surface area contributed by atoms with Crippen molar-refractivity contribution in [2.45, 2.75) is 26.4 Å². The number of hydrogen-bond donors (Lipinski definition) is 1.